The van der Waals surface area contributed by atoms with Crippen molar-refractivity contribution < 1.29 is 102 Å². The lowest BCUT2D eigenvalue weighted by molar-refractivity contribution is -0.177. The van der Waals surface area contributed by atoms with Crippen molar-refractivity contribution in [2.45, 2.75) is 26.8 Å². The molecule has 0 aliphatic heterocycles. The van der Waals surface area contributed by atoms with Crippen LogP contribution < -0.4 is 0 Å². The number of ether oxygens (including phenoxy) is 6. The minimum Gasteiger partial charge on any atom is -0.480 e. The van der Waals surface area contributed by atoms with Crippen molar-refractivity contribution >= 4 is 59.7 Å². The van der Waals surface area contributed by atoms with Crippen molar-refractivity contribution in [3.05, 3.63) is 12.2 Å². The summed E-state index contributed by atoms with van der Waals surface area (Å²) < 4.78 is 30.2. The quantitative estimate of drug-likeness (QED) is 0.0202. The van der Waals surface area contributed by atoms with E-state index < -0.39 is 150 Å². The van der Waals surface area contributed by atoms with Crippen LogP contribution in [0.4, 0.5) is 0 Å². The topological polar surface area (TPSA) is 337 Å². The molecule has 0 aliphatic rings. The lowest BCUT2D eigenvalue weighted by atomic mass is 9.91. The van der Waals surface area contributed by atoms with Crippen molar-refractivity contribution in [2.24, 2.45) is 5.41 Å². The average molecular weight is 810 g/mol. The molecule has 0 saturated heterocycles. The predicted octanol–water partition coefficient (Wildman–Crippen LogP) is -2.98. The molecule has 24 nitrogen and oxygen atoms in total. The van der Waals surface area contributed by atoms with Gasteiger partial charge in [-0.2, -0.15) is 0 Å². The first kappa shape index (κ1) is 50.3. The lowest BCUT2D eigenvalue weighted by Gasteiger charge is -2.33. The Bertz CT molecular complexity index is 1340. The molecule has 0 bridgehead atoms. The second-order valence-corrected chi connectivity index (χ2v) is 11.9. The fraction of sp³-hybridized carbons (Fsp3) is 0.625. The maximum absolute atomic E-state index is 13.0. The summed E-state index contributed by atoms with van der Waals surface area (Å²) >= 11 is 0. The minimum absolute atomic E-state index is 0.255. The van der Waals surface area contributed by atoms with Crippen molar-refractivity contribution in [3.8, 4) is 0 Å². The molecule has 1 atom stereocenters. The highest BCUT2D eigenvalue weighted by Crippen LogP contribution is 2.23. The number of carbonyl (C=O) groups excluding carboxylic acids is 5. The van der Waals surface area contributed by atoms with Crippen LogP contribution >= 0.6 is 0 Å². The molecule has 24 heteroatoms. The first-order valence-electron chi connectivity index (χ1n) is 16.4. The van der Waals surface area contributed by atoms with Crippen molar-refractivity contribution in [1.82, 2.24) is 14.7 Å². The first-order chi connectivity index (χ1) is 26.1. The Kier molecular flexibility index (Phi) is 24.2. The lowest BCUT2D eigenvalue weighted by Crippen LogP contribution is -2.52. The van der Waals surface area contributed by atoms with Gasteiger partial charge in [-0.3, -0.25) is 57.9 Å². The number of carboxylic acids is 5. The number of hydrogen-bond donors (Lipinski definition) is 5. The molecule has 0 fully saturated rings. The Labute approximate surface area is 319 Å². The zero-order valence-corrected chi connectivity index (χ0v) is 30.9. The summed E-state index contributed by atoms with van der Waals surface area (Å²) in [6.07, 6.45) is 2.60. The third-order valence-corrected chi connectivity index (χ3v) is 6.91. The van der Waals surface area contributed by atoms with E-state index in [4.69, 9.17) is 38.6 Å². The van der Waals surface area contributed by atoms with Gasteiger partial charge >= 0.3 is 59.7 Å². The molecule has 316 valence electrons. The average Bonchev–Trinajstić information content (AvgIpc) is 3.06. The van der Waals surface area contributed by atoms with Gasteiger partial charge in [-0.05, 0) is 6.08 Å². The van der Waals surface area contributed by atoms with Gasteiger partial charge in [0.25, 0.3) is 0 Å². The molecule has 0 aromatic carbocycles. The molecule has 0 aromatic rings. The summed E-state index contributed by atoms with van der Waals surface area (Å²) in [5.41, 5.74) is -1.90. The molecule has 1 unspecified atom stereocenters. The van der Waals surface area contributed by atoms with Crippen LogP contribution in [0.1, 0.15) is 20.8 Å². The van der Waals surface area contributed by atoms with Crippen molar-refractivity contribution in [2.75, 3.05) is 98.6 Å². The van der Waals surface area contributed by atoms with Crippen LogP contribution in [0.5, 0.6) is 0 Å². The Morgan fingerprint density at radius 1 is 0.554 bits per heavy atom. The van der Waals surface area contributed by atoms with E-state index in [-0.39, 0.29) is 19.7 Å². The Hall–Kier alpha value is -5.72. The first-order valence-corrected chi connectivity index (χ1v) is 16.4. The van der Waals surface area contributed by atoms with E-state index in [9.17, 15) is 63.3 Å². The third-order valence-electron chi connectivity index (χ3n) is 6.91. The normalized spacial score (nSPS) is 11.9. The van der Waals surface area contributed by atoms with Gasteiger partial charge in [-0.25, -0.2) is 4.79 Å². The molecular formula is C32H47N3O21. The van der Waals surface area contributed by atoms with Crippen LogP contribution in [-0.2, 0) is 76.4 Å². The van der Waals surface area contributed by atoms with E-state index in [0.717, 1.165) is 35.5 Å². The SMILES string of the molecule is CC(=O)OCC(COC(C)=O)(COC(C)=O)C(=O)OC/C=C\COCC(=O)OCC(CN(CCN(CC(=O)O)CC(=O)O)CC(=O)O)N(CC(=O)O)CC(=O)O. The molecule has 0 heterocycles. The van der Waals surface area contributed by atoms with Gasteiger partial charge in [-0.15, -0.1) is 0 Å². The third kappa shape index (κ3) is 24.6. The highest BCUT2D eigenvalue weighted by Gasteiger charge is 2.44. The largest absolute Gasteiger partial charge is 0.480 e. The molecule has 0 saturated carbocycles. The van der Waals surface area contributed by atoms with Gasteiger partial charge in [-0.1, -0.05) is 6.08 Å². The standard InChI is InChI=1S/C32H47N3O21/c1-21(36)54-18-32(19-55-22(2)37,20-56-23(3)38)31(50)52-9-5-4-8-51-17-30(49)53-16-24(35(14-28(45)46)15-29(47)48)10-33(11-25(39)40)6-7-34(12-26(41)42)13-27(43)44/h4-5,24H,6-20H2,1-3H3,(H,39,40)(H,41,42)(H,43,44)(H,45,46)(H,47,48)/b5-4-. The van der Waals surface area contributed by atoms with E-state index in [1.54, 1.807) is 0 Å². The molecule has 0 rings (SSSR count). The maximum Gasteiger partial charge on any atom is 0.332 e. The number of rotatable bonds is 31. The predicted molar refractivity (Wildman–Crippen MR) is 181 cm³/mol. The zero-order chi connectivity index (χ0) is 42.8. The second kappa shape index (κ2) is 27.0. The summed E-state index contributed by atoms with van der Waals surface area (Å²) in [5, 5.41) is 46.4. The van der Waals surface area contributed by atoms with Gasteiger partial charge in [0.1, 0.15) is 39.6 Å². The summed E-state index contributed by atoms with van der Waals surface area (Å²) in [7, 11) is 0. The molecule has 56 heavy (non-hydrogen) atoms. The monoisotopic (exact) mass is 809 g/mol. The molecular weight excluding hydrogens is 762 g/mol. The molecule has 0 spiro atoms. The fourth-order valence-electron chi connectivity index (χ4n) is 4.41. The Morgan fingerprint density at radius 3 is 1.39 bits per heavy atom. The van der Waals surface area contributed by atoms with E-state index >= 15 is 0 Å². The highest BCUT2D eigenvalue weighted by atomic mass is 16.6. The smallest absolute Gasteiger partial charge is 0.332 e. The molecule has 5 N–H and O–H groups in total. The summed E-state index contributed by atoms with van der Waals surface area (Å²) in [5.74, 6) is -11.4. The molecule has 0 aromatic heterocycles. The van der Waals surface area contributed by atoms with Gasteiger partial charge in [0.15, 0.2) is 5.41 Å². The summed E-state index contributed by atoms with van der Waals surface area (Å²) in [6, 6.07) is -1.25. The molecule has 0 radical (unpaired) electrons. The van der Waals surface area contributed by atoms with E-state index in [1.165, 1.54) is 12.2 Å². The number of aliphatic carboxylic acids is 5. The van der Waals surface area contributed by atoms with Crippen molar-refractivity contribution in [3.63, 3.8) is 0 Å². The van der Waals surface area contributed by atoms with Gasteiger partial charge in [0, 0.05) is 40.4 Å². The highest BCUT2D eigenvalue weighted by molar-refractivity contribution is 5.79. The van der Waals surface area contributed by atoms with Crippen molar-refractivity contribution in [1.29, 1.82) is 0 Å². The zero-order valence-electron chi connectivity index (χ0n) is 30.9. The number of carboxylic acid groups (broad SMARTS) is 5. The second-order valence-electron chi connectivity index (χ2n) is 11.9. The van der Waals surface area contributed by atoms with Crippen LogP contribution in [0.2, 0.25) is 0 Å². The number of hydrogen-bond acceptors (Lipinski definition) is 19. The number of esters is 5. The van der Waals surface area contributed by atoms with Gasteiger partial charge in [0.2, 0.25) is 0 Å². The molecule has 0 aliphatic carbocycles. The van der Waals surface area contributed by atoms with Crippen LogP contribution in [0, 0.1) is 5.41 Å². The van der Waals surface area contributed by atoms with Crippen LogP contribution in [0.3, 0.4) is 0 Å². The Morgan fingerprint density at radius 2 is 0.964 bits per heavy atom. The summed E-state index contributed by atoms with van der Waals surface area (Å²) in [6.45, 7) is -5.61. The van der Waals surface area contributed by atoms with Gasteiger partial charge in [0.05, 0.1) is 45.4 Å². The van der Waals surface area contributed by atoms with E-state index in [0.29, 0.717) is 0 Å². The van der Waals surface area contributed by atoms with Crippen LogP contribution in [0.25, 0.3) is 0 Å². The van der Waals surface area contributed by atoms with E-state index in [2.05, 4.69) is 0 Å². The number of nitrogens with zero attached hydrogens (tertiary/aromatic N) is 3. The Balaban J connectivity index is 5.59. The fourth-order valence-corrected chi connectivity index (χ4v) is 4.41. The number of carbonyl (C=O) groups is 10. The summed E-state index contributed by atoms with van der Waals surface area (Å²) in [4.78, 5) is 120. The minimum atomic E-state index is -1.90. The van der Waals surface area contributed by atoms with Crippen LogP contribution in [0.15, 0.2) is 12.2 Å². The maximum atomic E-state index is 13.0. The van der Waals surface area contributed by atoms with E-state index in [1.807, 2.05) is 0 Å². The van der Waals surface area contributed by atoms with Gasteiger partial charge < -0.3 is 54.0 Å². The van der Waals surface area contributed by atoms with Crippen LogP contribution in [-0.4, -0.2) is 205 Å². The molecule has 0 amide bonds.